The second-order valence-corrected chi connectivity index (χ2v) is 1.63. The van der Waals surface area contributed by atoms with E-state index in [4.69, 9.17) is 5.73 Å². The van der Waals surface area contributed by atoms with Gasteiger partial charge in [-0.1, -0.05) is 0 Å². The van der Waals surface area contributed by atoms with Crippen LogP contribution in [0.3, 0.4) is 0 Å². The number of nitrogens with one attached hydrogen (secondary N) is 1. The Balaban J connectivity index is 3.18. The van der Waals surface area contributed by atoms with Crippen molar-refractivity contribution in [2.24, 2.45) is 0 Å². The Hall–Kier alpha value is -0.860. The number of amides is 1. The molecule has 8 heavy (non-hydrogen) atoms. The third kappa shape index (κ3) is 5.14. The summed E-state index contributed by atoms with van der Waals surface area (Å²) in [5.74, 6) is -0.703. The van der Waals surface area contributed by atoms with Crippen molar-refractivity contribution >= 4 is 11.7 Å². The van der Waals surface area contributed by atoms with Gasteiger partial charge in [-0.25, -0.2) is 0 Å². The van der Waals surface area contributed by atoms with E-state index in [-0.39, 0.29) is 18.6 Å². The van der Waals surface area contributed by atoms with E-state index in [9.17, 15) is 9.59 Å². The van der Waals surface area contributed by atoms with Crippen molar-refractivity contribution in [2.75, 3.05) is 0 Å². The van der Waals surface area contributed by atoms with E-state index in [1.807, 2.05) is 0 Å². The molecule has 0 fully saturated rings. The van der Waals surface area contributed by atoms with Gasteiger partial charge in [0.15, 0.2) is 0 Å². The van der Waals surface area contributed by atoms with Crippen LogP contribution in [0, 0.1) is 0 Å². The number of hydrogen-bond acceptors (Lipinski definition) is 2. The molecule has 0 saturated carbocycles. The monoisotopic (exact) mass is 114 g/mol. The summed E-state index contributed by atoms with van der Waals surface area (Å²) in [4.78, 5) is 20.0. The van der Waals surface area contributed by atoms with Crippen LogP contribution in [0.2, 0.25) is 0 Å². The molecule has 0 atom stereocenters. The molecular formula is C5H8NO2. The second-order valence-electron chi connectivity index (χ2n) is 1.63. The van der Waals surface area contributed by atoms with Crippen LogP contribution in [0.15, 0.2) is 0 Å². The van der Waals surface area contributed by atoms with Crippen molar-refractivity contribution in [3.63, 3.8) is 0 Å². The second kappa shape index (κ2) is 3.18. The lowest BCUT2D eigenvalue weighted by Crippen LogP contribution is -2.00. The molecule has 0 aliphatic rings. The topological polar surface area (TPSA) is 57.9 Å². The van der Waals surface area contributed by atoms with Crippen molar-refractivity contribution in [2.45, 2.75) is 19.8 Å². The summed E-state index contributed by atoms with van der Waals surface area (Å²) in [6, 6.07) is 0. The predicted molar refractivity (Wildman–Crippen MR) is 28.0 cm³/mol. The molecule has 1 N–H and O–H groups in total. The predicted octanol–water partition coefficient (Wildman–Crippen LogP) is 0.165. The van der Waals surface area contributed by atoms with Gasteiger partial charge in [0.05, 0.1) is 0 Å². The van der Waals surface area contributed by atoms with Gasteiger partial charge in [0.1, 0.15) is 5.78 Å². The average Bonchev–Trinajstić information content (AvgIpc) is 1.61. The van der Waals surface area contributed by atoms with E-state index in [0.717, 1.165) is 0 Å². The first kappa shape index (κ1) is 7.14. The number of carbonyl (C=O) groups excluding carboxylic acids is 2. The molecule has 0 aliphatic carbocycles. The zero-order valence-electron chi connectivity index (χ0n) is 4.73. The first-order valence-electron chi connectivity index (χ1n) is 2.37. The first-order valence-corrected chi connectivity index (χ1v) is 2.37. The van der Waals surface area contributed by atoms with E-state index in [1.165, 1.54) is 6.92 Å². The van der Waals surface area contributed by atoms with Crippen LogP contribution >= 0.6 is 0 Å². The highest BCUT2D eigenvalue weighted by Gasteiger charge is 1.96. The van der Waals surface area contributed by atoms with Crippen molar-refractivity contribution < 1.29 is 9.59 Å². The molecule has 0 heterocycles. The zero-order valence-corrected chi connectivity index (χ0v) is 4.73. The van der Waals surface area contributed by atoms with E-state index >= 15 is 0 Å². The smallest absolute Gasteiger partial charge is 0.238 e. The Labute approximate surface area is 47.9 Å². The lowest BCUT2D eigenvalue weighted by molar-refractivity contribution is -0.123. The third-order valence-corrected chi connectivity index (χ3v) is 0.704. The minimum atomic E-state index is -0.666. The fourth-order valence-corrected chi connectivity index (χ4v) is 0.290. The summed E-state index contributed by atoms with van der Waals surface area (Å²) in [6.07, 6.45) is 0.275. The average molecular weight is 114 g/mol. The van der Waals surface area contributed by atoms with Crippen LogP contribution < -0.4 is 5.73 Å². The molecule has 0 aromatic heterocycles. The number of rotatable bonds is 3. The number of ketones is 1. The molecule has 3 nitrogen and oxygen atoms in total. The van der Waals surface area contributed by atoms with Crippen LogP contribution in [0.1, 0.15) is 19.8 Å². The van der Waals surface area contributed by atoms with Crippen molar-refractivity contribution in [1.29, 1.82) is 0 Å². The minimum Gasteiger partial charge on any atom is -0.300 e. The molecule has 1 amide bonds. The zero-order chi connectivity index (χ0) is 6.57. The van der Waals surface area contributed by atoms with Gasteiger partial charge >= 0.3 is 0 Å². The van der Waals surface area contributed by atoms with E-state index < -0.39 is 5.91 Å². The van der Waals surface area contributed by atoms with Gasteiger partial charge in [-0.15, -0.1) is 0 Å². The quantitative estimate of drug-likeness (QED) is 0.525. The number of Topliss-reactive ketones (excluding diaryl/α,β-unsaturated/α-hetero) is 1. The maximum absolute atomic E-state index is 10.1. The normalized spacial score (nSPS) is 8.62. The fourth-order valence-electron chi connectivity index (χ4n) is 0.290. The molecule has 45 valence electrons. The largest absolute Gasteiger partial charge is 0.300 e. The molecule has 0 aromatic carbocycles. The SMILES string of the molecule is CC(=O)CCC([NH])=O. The lowest BCUT2D eigenvalue weighted by Gasteiger charge is -1.85. The Morgan fingerprint density at radius 1 is 1.38 bits per heavy atom. The molecule has 0 aliphatic heterocycles. The molecular weight excluding hydrogens is 106 g/mol. The molecule has 3 heteroatoms. The van der Waals surface area contributed by atoms with Gasteiger partial charge in [-0.2, -0.15) is 0 Å². The summed E-state index contributed by atoms with van der Waals surface area (Å²) in [7, 11) is 0. The standard InChI is InChI=1S/C5H8NO2/c1-4(7)2-3-5(6)8/h6H,2-3H2,1H3. The lowest BCUT2D eigenvalue weighted by atomic mass is 10.2. The van der Waals surface area contributed by atoms with Crippen molar-refractivity contribution in [3.05, 3.63) is 0 Å². The van der Waals surface area contributed by atoms with Crippen LogP contribution in [0.25, 0.3) is 0 Å². The minimum absolute atomic E-state index is 0.0365. The van der Waals surface area contributed by atoms with Gasteiger partial charge in [0, 0.05) is 12.8 Å². The number of carbonyl (C=O) groups is 2. The first-order chi connectivity index (χ1) is 3.63. The molecule has 0 aromatic rings. The van der Waals surface area contributed by atoms with E-state index in [2.05, 4.69) is 0 Å². The van der Waals surface area contributed by atoms with E-state index in [0.29, 0.717) is 0 Å². The van der Waals surface area contributed by atoms with Crippen LogP contribution in [0.4, 0.5) is 0 Å². The van der Waals surface area contributed by atoms with Crippen LogP contribution in [0.5, 0.6) is 0 Å². The van der Waals surface area contributed by atoms with E-state index in [1.54, 1.807) is 0 Å². The summed E-state index contributed by atoms with van der Waals surface area (Å²) >= 11 is 0. The Morgan fingerprint density at radius 3 is 2.00 bits per heavy atom. The Kier molecular flexibility index (Phi) is 2.84. The van der Waals surface area contributed by atoms with Gasteiger partial charge < -0.3 is 4.79 Å². The highest BCUT2D eigenvalue weighted by Crippen LogP contribution is 1.87. The van der Waals surface area contributed by atoms with Gasteiger partial charge in [0.25, 0.3) is 0 Å². The highest BCUT2D eigenvalue weighted by molar-refractivity contribution is 5.82. The Morgan fingerprint density at radius 2 is 1.88 bits per heavy atom. The van der Waals surface area contributed by atoms with Crippen molar-refractivity contribution in [1.82, 2.24) is 5.73 Å². The summed E-state index contributed by atoms with van der Waals surface area (Å²) in [6.45, 7) is 1.41. The van der Waals surface area contributed by atoms with Crippen LogP contribution in [-0.2, 0) is 9.59 Å². The Bertz CT molecular complexity index is 95.0. The number of hydrogen-bond donors (Lipinski definition) is 0. The van der Waals surface area contributed by atoms with Gasteiger partial charge in [-0.05, 0) is 6.92 Å². The maximum Gasteiger partial charge on any atom is 0.238 e. The van der Waals surface area contributed by atoms with Crippen LogP contribution in [-0.4, -0.2) is 11.7 Å². The van der Waals surface area contributed by atoms with Gasteiger partial charge in [0.2, 0.25) is 5.91 Å². The summed E-state index contributed by atoms with van der Waals surface area (Å²) < 4.78 is 0. The maximum atomic E-state index is 10.1. The molecule has 0 rings (SSSR count). The molecule has 0 spiro atoms. The van der Waals surface area contributed by atoms with Crippen molar-refractivity contribution in [3.8, 4) is 0 Å². The summed E-state index contributed by atoms with van der Waals surface area (Å²) in [5.41, 5.74) is 6.38. The summed E-state index contributed by atoms with van der Waals surface area (Å²) in [5, 5.41) is 0. The molecule has 0 saturated heterocycles. The highest BCUT2D eigenvalue weighted by atomic mass is 16.1. The third-order valence-electron chi connectivity index (χ3n) is 0.704. The molecule has 0 unspecified atom stereocenters. The molecule has 0 bridgehead atoms. The van der Waals surface area contributed by atoms with Gasteiger partial charge in [-0.3, -0.25) is 10.5 Å². The fraction of sp³-hybridized carbons (Fsp3) is 0.600. The molecule has 1 radical (unpaired) electrons.